The van der Waals surface area contributed by atoms with Crippen LogP contribution in [0.2, 0.25) is 0 Å². The van der Waals surface area contributed by atoms with Crippen LogP contribution in [-0.4, -0.2) is 67.2 Å². The summed E-state index contributed by atoms with van der Waals surface area (Å²) < 4.78 is 7.39. The summed E-state index contributed by atoms with van der Waals surface area (Å²) in [6.45, 7) is 15.1. The standard InChI is InChI=1S/C28H43N5O3/c1-19(2)23-16-21(15-20-11-9-8-10-12-20)29-24-17-22(30-33(23)24)25(34)32-14-13-31(18-28(32,6)7)26(35)36-27(3,4)5/h16-17,19-20H,8-15,18H2,1-7H3. The molecule has 2 aromatic rings. The second-order valence-electron chi connectivity index (χ2n) is 12.5. The summed E-state index contributed by atoms with van der Waals surface area (Å²) in [6, 6.07) is 4.01. The first kappa shape index (κ1) is 26.4. The molecule has 0 radical (unpaired) electrons. The van der Waals surface area contributed by atoms with Crippen LogP contribution in [-0.2, 0) is 11.2 Å². The predicted octanol–water partition coefficient (Wildman–Crippen LogP) is 5.45. The summed E-state index contributed by atoms with van der Waals surface area (Å²) in [7, 11) is 0. The van der Waals surface area contributed by atoms with Gasteiger partial charge in [-0.2, -0.15) is 5.10 Å². The Balaban J connectivity index is 1.55. The molecule has 1 saturated carbocycles. The summed E-state index contributed by atoms with van der Waals surface area (Å²) in [5.41, 5.74) is 2.21. The third-order valence-electron chi connectivity index (χ3n) is 7.34. The molecule has 2 amide bonds. The number of carbonyl (C=O) groups excluding carboxylic acids is 2. The van der Waals surface area contributed by atoms with Crippen molar-refractivity contribution >= 4 is 17.6 Å². The molecule has 0 atom stereocenters. The van der Waals surface area contributed by atoms with Crippen LogP contribution in [0.1, 0.15) is 108 Å². The van der Waals surface area contributed by atoms with E-state index >= 15 is 0 Å². The zero-order valence-corrected chi connectivity index (χ0v) is 23.1. The van der Waals surface area contributed by atoms with Gasteiger partial charge in [0.05, 0.1) is 5.54 Å². The van der Waals surface area contributed by atoms with E-state index < -0.39 is 11.1 Å². The highest BCUT2D eigenvalue weighted by Crippen LogP contribution is 2.29. The number of ether oxygens (including phenoxy) is 1. The van der Waals surface area contributed by atoms with Gasteiger partial charge in [0.2, 0.25) is 0 Å². The summed E-state index contributed by atoms with van der Waals surface area (Å²) >= 11 is 0. The second kappa shape index (κ2) is 10.0. The number of fused-ring (bicyclic) bond motifs is 1. The van der Waals surface area contributed by atoms with E-state index in [9.17, 15) is 9.59 Å². The topological polar surface area (TPSA) is 80.0 Å². The van der Waals surface area contributed by atoms with Crippen LogP contribution in [0, 0.1) is 5.92 Å². The number of hydrogen-bond acceptors (Lipinski definition) is 5. The van der Waals surface area contributed by atoms with Gasteiger partial charge in [0.25, 0.3) is 5.91 Å². The molecule has 1 aliphatic heterocycles. The lowest BCUT2D eigenvalue weighted by Gasteiger charge is -2.46. The number of carbonyl (C=O) groups is 2. The van der Waals surface area contributed by atoms with Gasteiger partial charge >= 0.3 is 6.09 Å². The highest BCUT2D eigenvalue weighted by molar-refractivity contribution is 5.94. The molecule has 0 aromatic carbocycles. The van der Waals surface area contributed by atoms with E-state index in [0.29, 0.717) is 31.2 Å². The molecular weight excluding hydrogens is 454 g/mol. The summed E-state index contributed by atoms with van der Waals surface area (Å²) in [5.74, 6) is 0.829. The largest absolute Gasteiger partial charge is 0.444 e. The van der Waals surface area contributed by atoms with Crippen molar-refractivity contribution in [3.63, 3.8) is 0 Å². The van der Waals surface area contributed by atoms with Crippen molar-refractivity contribution in [3.05, 3.63) is 29.2 Å². The molecule has 0 unspecified atom stereocenters. The zero-order chi connectivity index (χ0) is 26.3. The normalized spacial score (nSPS) is 19.2. The smallest absolute Gasteiger partial charge is 0.410 e. The summed E-state index contributed by atoms with van der Waals surface area (Å²) in [6.07, 6.45) is 7.17. The molecule has 2 aromatic heterocycles. The Morgan fingerprint density at radius 1 is 1.11 bits per heavy atom. The number of rotatable bonds is 4. The Labute approximate surface area is 215 Å². The Kier molecular flexibility index (Phi) is 7.35. The Morgan fingerprint density at radius 3 is 2.42 bits per heavy atom. The fourth-order valence-corrected chi connectivity index (χ4v) is 5.51. The van der Waals surface area contributed by atoms with E-state index in [2.05, 4.69) is 19.9 Å². The first-order chi connectivity index (χ1) is 16.8. The molecule has 0 spiro atoms. The van der Waals surface area contributed by atoms with E-state index in [1.54, 1.807) is 4.90 Å². The zero-order valence-electron chi connectivity index (χ0n) is 23.1. The fourth-order valence-electron chi connectivity index (χ4n) is 5.51. The lowest BCUT2D eigenvalue weighted by Crippen LogP contribution is -2.62. The van der Waals surface area contributed by atoms with Gasteiger partial charge in [-0.15, -0.1) is 0 Å². The molecule has 8 heteroatoms. The van der Waals surface area contributed by atoms with Gasteiger partial charge in [-0.05, 0) is 58.9 Å². The molecule has 1 saturated heterocycles. The maximum atomic E-state index is 13.7. The lowest BCUT2D eigenvalue weighted by molar-refractivity contribution is -0.0110. The van der Waals surface area contributed by atoms with Gasteiger partial charge in [-0.3, -0.25) is 4.79 Å². The first-order valence-electron chi connectivity index (χ1n) is 13.5. The molecule has 8 nitrogen and oxygen atoms in total. The van der Waals surface area contributed by atoms with E-state index in [1.165, 1.54) is 32.1 Å². The minimum Gasteiger partial charge on any atom is -0.444 e. The van der Waals surface area contributed by atoms with Gasteiger partial charge in [-0.25, -0.2) is 14.3 Å². The minimum absolute atomic E-state index is 0.127. The second-order valence-corrected chi connectivity index (χ2v) is 12.5. The van der Waals surface area contributed by atoms with Gasteiger partial charge in [0.15, 0.2) is 11.3 Å². The molecular formula is C28H43N5O3. The summed E-state index contributed by atoms with van der Waals surface area (Å²) in [5, 5.41) is 4.72. The van der Waals surface area contributed by atoms with Crippen molar-refractivity contribution in [2.45, 2.75) is 104 Å². The molecule has 3 heterocycles. The van der Waals surface area contributed by atoms with Crippen molar-refractivity contribution < 1.29 is 14.3 Å². The van der Waals surface area contributed by atoms with Crippen LogP contribution in [0.4, 0.5) is 4.79 Å². The third-order valence-corrected chi connectivity index (χ3v) is 7.34. The van der Waals surface area contributed by atoms with Crippen LogP contribution in [0.3, 0.4) is 0 Å². The summed E-state index contributed by atoms with van der Waals surface area (Å²) in [4.78, 5) is 34.7. The monoisotopic (exact) mass is 497 g/mol. The van der Waals surface area contributed by atoms with Gasteiger partial charge in [0.1, 0.15) is 5.60 Å². The van der Waals surface area contributed by atoms with E-state index in [0.717, 1.165) is 23.5 Å². The van der Waals surface area contributed by atoms with Crippen molar-refractivity contribution in [2.24, 2.45) is 5.92 Å². The third kappa shape index (κ3) is 5.84. The maximum absolute atomic E-state index is 13.7. The predicted molar refractivity (Wildman–Crippen MR) is 140 cm³/mol. The van der Waals surface area contributed by atoms with Gasteiger partial charge in [0, 0.05) is 37.1 Å². The molecule has 2 aliphatic rings. The fraction of sp³-hybridized carbons (Fsp3) is 0.714. The van der Waals surface area contributed by atoms with Crippen molar-refractivity contribution in [1.29, 1.82) is 0 Å². The molecule has 1 aliphatic carbocycles. The van der Waals surface area contributed by atoms with E-state index in [-0.39, 0.29) is 17.9 Å². The Hall–Kier alpha value is -2.64. The number of hydrogen-bond donors (Lipinski definition) is 0. The number of piperazine rings is 1. The quantitative estimate of drug-likeness (QED) is 0.561. The Bertz CT molecular complexity index is 1110. The Morgan fingerprint density at radius 2 is 1.81 bits per heavy atom. The van der Waals surface area contributed by atoms with Crippen LogP contribution < -0.4 is 0 Å². The SMILES string of the molecule is CC(C)c1cc(CC2CCCCC2)nc2cc(C(=O)N3CCN(C(=O)OC(C)(C)C)CC3(C)C)nn12. The van der Waals surface area contributed by atoms with Crippen LogP contribution >= 0.6 is 0 Å². The first-order valence-corrected chi connectivity index (χ1v) is 13.5. The highest BCUT2D eigenvalue weighted by Gasteiger charge is 2.40. The molecule has 198 valence electrons. The van der Waals surface area contributed by atoms with Crippen LogP contribution in [0.5, 0.6) is 0 Å². The van der Waals surface area contributed by atoms with Crippen LogP contribution in [0.15, 0.2) is 12.1 Å². The highest BCUT2D eigenvalue weighted by atomic mass is 16.6. The molecule has 4 rings (SSSR count). The van der Waals surface area contributed by atoms with Gasteiger partial charge in [-0.1, -0.05) is 46.0 Å². The van der Waals surface area contributed by atoms with Crippen molar-refractivity contribution in [1.82, 2.24) is 24.4 Å². The minimum atomic E-state index is -0.554. The van der Waals surface area contributed by atoms with E-state index in [4.69, 9.17) is 14.8 Å². The molecule has 36 heavy (non-hydrogen) atoms. The maximum Gasteiger partial charge on any atom is 0.410 e. The average molecular weight is 498 g/mol. The molecule has 0 bridgehead atoms. The average Bonchev–Trinajstić information content (AvgIpc) is 3.21. The molecule has 2 fully saturated rings. The number of aromatic nitrogens is 3. The van der Waals surface area contributed by atoms with Crippen molar-refractivity contribution in [3.8, 4) is 0 Å². The van der Waals surface area contributed by atoms with Gasteiger partial charge < -0.3 is 14.5 Å². The number of amides is 2. The van der Waals surface area contributed by atoms with Crippen molar-refractivity contribution in [2.75, 3.05) is 19.6 Å². The van der Waals surface area contributed by atoms with Crippen LogP contribution in [0.25, 0.3) is 5.65 Å². The van der Waals surface area contributed by atoms with E-state index in [1.807, 2.05) is 50.1 Å². The number of nitrogens with zero attached hydrogens (tertiary/aromatic N) is 5. The molecule has 0 N–H and O–H groups in total. The lowest BCUT2D eigenvalue weighted by atomic mass is 9.86.